The molecule has 0 amide bonds. The van der Waals surface area contributed by atoms with Gasteiger partial charge in [0.15, 0.2) is 0 Å². The molecular formula is C17H27NO8. The number of quaternary nitrogens is 1. The molecule has 0 saturated carbocycles. The molecule has 5 unspecified atom stereocenters. The maximum absolute atomic E-state index is 12.6. The smallest absolute Gasteiger partial charge is 0.345 e. The fraction of sp³-hybridized carbons (Fsp3) is 0.765. The van der Waals surface area contributed by atoms with E-state index >= 15 is 0 Å². The highest BCUT2D eigenvalue weighted by Crippen LogP contribution is 2.36. The highest BCUT2D eigenvalue weighted by atomic mass is 16.6. The Hall–Kier alpha value is -1.52. The third kappa shape index (κ3) is 3.49. The van der Waals surface area contributed by atoms with Gasteiger partial charge < -0.3 is 34.6 Å². The summed E-state index contributed by atoms with van der Waals surface area (Å²) in [7, 11) is 0. The van der Waals surface area contributed by atoms with Gasteiger partial charge >= 0.3 is 11.9 Å². The quantitative estimate of drug-likeness (QED) is 0.242. The number of ether oxygens (including phenoxy) is 2. The number of nitrogens with zero attached hydrogens (tertiary/aromatic N) is 1. The molecule has 2 heterocycles. The standard InChI is InChI=1S/C17H27NO8/c1-10(26-11(2)19)17(23,16(3,4)22)15(21)25-9-12-5-7-18(24)8-6-13(20)14(12)18/h5,10,13-14,20,22-23H,6-9H2,1-4H3. The molecule has 0 bridgehead atoms. The van der Waals surface area contributed by atoms with Crippen LogP contribution in [0.2, 0.25) is 0 Å². The van der Waals surface area contributed by atoms with Crippen LogP contribution in [0.3, 0.4) is 0 Å². The summed E-state index contributed by atoms with van der Waals surface area (Å²) in [6.07, 6.45) is -0.174. The summed E-state index contributed by atoms with van der Waals surface area (Å²) in [5, 5.41) is 43.6. The lowest BCUT2D eigenvalue weighted by molar-refractivity contribution is -0.877. The van der Waals surface area contributed by atoms with Crippen LogP contribution in [0.15, 0.2) is 11.6 Å². The molecule has 2 rings (SSSR count). The molecule has 0 aromatic rings. The molecule has 1 fully saturated rings. The SMILES string of the molecule is CC(=O)OC(C)C(O)(C(=O)OCC1=CC[N+]2([O-])CCC(O)C12)C(C)(C)O. The first-order valence-corrected chi connectivity index (χ1v) is 8.57. The Morgan fingerprint density at radius 3 is 2.58 bits per heavy atom. The molecule has 5 atom stereocenters. The fourth-order valence-electron chi connectivity index (χ4n) is 3.76. The number of carbonyl (C=O) groups is 2. The summed E-state index contributed by atoms with van der Waals surface area (Å²) in [5.74, 6) is -1.91. The van der Waals surface area contributed by atoms with Crippen molar-refractivity contribution in [2.45, 2.75) is 63.6 Å². The Bertz CT molecular complexity index is 612. The summed E-state index contributed by atoms with van der Waals surface area (Å²) in [4.78, 5) is 23.7. The van der Waals surface area contributed by atoms with Gasteiger partial charge in [-0.3, -0.25) is 4.79 Å². The maximum atomic E-state index is 12.6. The Balaban J connectivity index is 2.12. The molecule has 26 heavy (non-hydrogen) atoms. The second-order valence-corrected chi connectivity index (χ2v) is 7.59. The van der Waals surface area contributed by atoms with E-state index in [-0.39, 0.29) is 19.7 Å². The third-order valence-electron chi connectivity index (χ3n) is 5.26. The van der Waals surface area contributed by atoms with Crippen LogP contribution in [-0.2, 0) is 19.1 Å². The number of rotatable bonds is 6. The second kappa shape index (κ2) is 6.90. The van der Waals surface area contributed by atoms with Crippen molar-refractivity contribution in [1.29, 1.82) is 0 Å². The molecule has 1 saturated heterocycles. The highest BCUT2D eigenvalue weighted by Gasteiger charge is 2.57. The summed E-state index contributed by atoms with van der Waals surface area (Å²) in [6, 6.07) is -0.691. The number of hydrogen-bond donors (Lipinski definition) is 3. The number of carbonyl (C=O) groups excluding carboxylic acids is 2. The lowest BCUT2D eigenvalue weighted by Crippen LogP contribution is -2.64. The first-order chi connectivity index (χ1) is 11.8. The Morgan fingerprint density at radius 2 is 2.04 bits per heavy atom. The van der Waals surface area contributed by atoms with Gasteiger partial charge in [0.1, 0.15) is 30.5 Å². The molecular weight excluding hydrogens is 346 g/mol. The van der Waals surface area contributed by atoms with Crippen molar-refractivity contribution in [3.05, 3.63) is 16.9 Å². The summed E-state index contributed by atoms with van der Waals surface area (Å²) in [5.41, 5.74) is -3.99. The van der Waals surface area contributed by atoms with Crippen molar-refractivity contribution >= 4 is 11.9 Å². The zero-order valence-corrected chi connectivity index (χ0v) is 15.5. The molecule has 2 aliphatic heterocycles. The topological polar surface area (TPSA) is 136 Å². The number of aliphatic hydroxyl groups excluding tert-OH is 1. The van der Waals surface area contributed by atoms with Gasteiger partial charge in [-0.15, -0.1) is 0 Å². The van der Waals surface area contributed by atoms with Gasteiger partial charge in [0, 0.05) is 18.9 Å². The van der Waals surface area contributed by atoms with E-state index in [0.717, 1.165) is 6.92 Å². The minimum absolute atomic E-state index is 0.189. The van der Waals surface area contributed by atoms with Crippen LogP contribution >= 0.6 is 0 Å². The highest BCUT2D eigenvalue weighted by molar-refractivity contribution is 5.82. The van der Waals surface area contributed by atoms with E-state index in [9.17, 15) is 30.1 Å². The zero-order valence-electron chi connectivity index (χ0n) is 15.5. The van der Waals surface area contributed by atoms with Gasteiger partial charge in [-0.25, -0.2) is 4.79 Å². The minimum Gasteiger partial charge on any atom is -0.632 e. The first-order valence-electron chi connectivity index (χ1n) is 8.57. The van der Waals surface area contributed by atoms with E-state index in [1.54, 1.807) is 6.08 Å². The fourth-order valence-corrected chi connectivity index (χ4v) is 3.76. The molecule has 148 valence electrons. The lowest BCUT2D eigenvalue weighted by Gasteiger charge is -2.41. The van der Waals surface area contributed by atoms with Crippen LogP contribution in [-0.4, -0.2) is 81.1 Å². The number of fused-ring (bicyclic) bond motifs is 1. The summed E-state index contributed by atoms with van der Waals surface area (Å²) >= 11 is 0. The van der Waals surface area contributed by atoms with Crippen LogP contribution in [0.4, 0.5) is 0 Å². The third-order valence-corrected chi connectivity index (χ3v) is 5.26. The van der Waals surface area contributed by atoms with Gasteiger partial charge in [-0.1, -0.05) is 0 Å². The Labute approximate surface area is 152 Å². The molecule has 9 nitrogen and oxygen atoms in total. The van der Waals surface area contributed by atoms with Crippen LogP contribution in [0, 0.1) is 5.21 Å². The minimum atomic E-state index is -2.50. The van der Waals surface area contributed by atoms with Gasteiger partial charge in [-0.05, 0) is 26.8 Å². The van der Waals surface area contributed by atoms with Crippen molar-refractivity contribution in [3.63, 3.8) is 0 Å². The van der Waals surface area contributed by atoms with Crippen LogP contribution in [0.5, 0.6) is 0 Å². The number of hydrogen-bond acceptors (Lipinski definition) is 8. The van der Waals surface area contributed by atoms with E-state index in [1.807, 2.05) is 0 Å². The molecule has 0 aliphatic carbocycles. The van der Waals surface area contributed by atoms with Crippen LogP contribution in [0.1, 0.15) is 34.1 Å². The van der Waals surface area contributed by atoms with Crippen molar-refractivity contribution in [3.8, 4) is 0 Å². The van der Waals surface area contributed by atoms with Crippen molar-refractivity contribution in [1.82, 2.24) is 0 Å². The molecule has 0 spiro atoms. The van der Waals surface area contributed by atoms with Crippen molar-refractivity contribution in [2.75, 3.05) is 19.7 Å². The van der Waals surface area contributed by atoms with E-state index in [4.69, 9.17) is 9.47 Å². The molecule has 0 radical (unpaired) electrons. The van der Waals surface area contributed by atoms with Gasteiger partial charge in [0.05, 0.1) is 13.1 Å². The van der Waals surface area contributed by atoms with Gasteiger partial charge in [-0.2, -0.15) is 0 Å². The Kier molecular flexibility index (Phi) is 5.51. The van der Waals surface area contributed by atoms with E-state index in [1.165, 1.54) is 20.8 Å². The van der Waals surface area contributed by atoms with Crippen molar-refractivity contribution in [2.24, 2.45) is 0 Å². The van der Waals surface area contributed by atoms with E-state index in [2.05, 4.69) is 0 Å². The Morgan fingerprint density at radius 1 is 1.42 bits per heavy atom. The number of esters is 2. The zero-order chi connectivity index (χ0) is 19.9. The molecule has 0 aromatic carbocycles. The van der Waals surface area contributed by atoms with Crippen LogP contribution < -0.4 is 0 Å². The second-order valence-electron chi connectivity index (χ2n) is 7.59. The molecule has 9 heteroatoms. The summed E-state index contributed by atoms with van der Waals surface area (Å²) < 4.78 is 9.46. The molecule has 2 aliphatic rings. The number of aliphatic hydroxyl groups is 3. The largest absolute Gasteiger partial charge is 0.632 e. The van der Waals surface area contributed by atoms with E-state index < -0.39 is 46.0 Å². The molecule has 3 N–H and O–H groups in total. The predicted octanol–water partition coefficient (Wildman–Crippen LogP) is -0.629. The van der Waals surface area contributed by atoms with Crippen LogP contribution in [0.25, 0.3) is 0 Å². The van der Waals surface area contributed by atoms with Gasteiger partial charge in [0.2, 0.25) is 5.60 Å². The predicted molar refractivity (Wildman–Crippen MR) is 89.3 cm³/mol. The summed E-state index contributed by atoms with van der Waals surface area (Å²) in [6.45, 7) is 4.96. The number of hydroxylamine groups is 3. The average molecular weight is 373 g/mol. The van der Waals surface area contributed by atoms with Crippen molar-refractivity contribution < 1.29 is 39.0 Å². The first kappa shape index (κ1) is 20.8. The van der Waals surface area contributed by atoms with E-state index in [0.29, 0.717) is 12.0 Å². The average Bonchev–Trinajstić information content (AvgIpc) is 2.99. The normalized spacial score (nSPS) is 31.6. The monoisotopic (exact) mass is 373 g/mol. The molecule has 0 aromatic heterocycles. The maximum Gasteiger partial charge on any atom is 0.345 e. The lowest BCUT2D eigenvalue weighted by atomic mass is 9.81. The van der Waals surface area contributed by atoms with Gasteiger partial charge in [0.25, 0.3) is 0 Å².